The Morgan fingerprint density at radius 1 is 1.11 bits per heavy atom. The van der Waals surface area contributed by atoms with Crippen LogP contribution in [-0.2, 0) is 11.6 Å². The zero-order valence-corrected chi connectivity index (χ0v) is 20.2. The molecule has 0 amide bonds. The van der Waals surface area contributed by atoms with Crippen LogP contribution in [0.4, 0.5) is 28.9 Å². The van der Waals surface area contributed by atoms with Gasteiger partial charge in [-0.2, -0.15) is 13.2 Å². The molecule has 4 saturated carbocycles. The van der Waals surface area contributed by atoms with Gasteiger partial charge in [-0.1, -0.05) is 19.6 Å². The standard InChI is InChI=1S/C28H33F4N3/c1-3-27(29)16-23(27)19(2)35(22-6-4-5-21(33)15-22)18-25-9-12-26(13-10-25,14-11-25)24-8-7-20(17-34-24)28(30,31)32/h4-8,15,17,23H,2-3,9-14,16,18,33H2,1H3. The van der Waals surface area contributed by atoms with Crippen molar-refractivity contribution in [2.45, 2.75) is 75.6 Å². The number of hydrogen-bond acceptors (Lipinski definition) is 3. The lowest BCUT2D eigenvalue weighted by molar-refractivity contribution is -0.137. The molecule has 4 aliphatic rings. The molecule has 1 aromatic carbocycles. The van der Waals surface area contributed by atoms with Gasteiger partial charge in [-0.25, -0.2) is 4.39 Å². The maximum atomic E-state index is 15.0. The van der Waals surface area contributed by atoms with Crippen molar-refractivity contribution in [3.63, 3.8) is 0 Å². The molecule has 188 valence electrons. The average molecular weight is 488 g/mol. The van der Waals surface area contributed by atoms with Crippen LogP contribution in [0.3, 0.4) is 0 Å². The van der Waals surface area contributed by atoms with Crippen LogP contribution in [0.2, 0.25) is 0 Å². The number of rotatable bonds is 7. The molecule has 2 bridgehead atoms. The van der Waals surface area contributed by atoms with Gasteiger partial charge in [-0.3, -0.25) is 4.98 Å². The highest BCUT2D eigenvalue weighted by Gasteiger charge is 2.57. The molecule has 1 heterocycles. The highest BCUT2D eigenvalue weighted by molar-refractivity contribution is 5.60. The lowest BCUT2D eigenvalue weighted by atomic mass is 9.52. The van der Waals surface area contributed by atoms with Crippen molar-refractivity contribution >= 4 is 11.4 Å². The first-order chi connectivity index (χ1) is 16.5. The summed E-state index contributed by atoms with van der Waals surface area (Å²) in [5.41, 5.74) is 7.32. The number of fused-ring (bicyclic) bond motifs is 3. The van der Waals surface area contributed by atoms with E-state index in [0.717, 1.165) is 74.4 Å². The van der Waals surface area contributed by atoms with Crippen LogP contribution in [-0.4, -0.2) is 17.2 Å². The third kappa shape index (κ3) is 4.31. The van der Waals surface area contributed by atoms with E-state index in [2.05, 4.69) is 16.5 Å². The van der Waals surface area contributed by atoms with Gasteiger partial charge in [-0.05, 0) is 87.1 Å². The van der Waals surface area contributed by atoms with Crippen molar-refractivity contribution in [1.82, 2.24) is 4.98 Å². The maximum Gasteiger partial charge on any atom is 0.417 e. The Bertz CT molecular complexity index is 1090. The van der Waals surface area contributed by atoms with Crippen LogP contribution in [0.15, 0.2) is 54.9 Å². The summed E-state index contributed by atoms with van der Waals surface area (Å²) in [5, 5.41) is 0. The largest absolute Gasteiger partial charge is 0.417 e. The van der Waals surface area contributed by atoms with Gasteiger partial charge in [0.05, 0.1) is 5.56 Å². The third-order valence-electron chi connectivity index (χ3n) is 9.06. The topological polar surface area (TPSA) is 42.2 Å². The highest BCUT2D eigenvalue weighted by Crippen LogP contribution is 2.59. The molecule has 0 radical (unpaired) electrons. The van der Waals surface area contributed by atoms with E-state index in [1.54, 1.807) is 6.07 Å². The molecule has 4 aliphatic carbocycles. The Morgan fingerprint density at radius 3 is 2.31 bits per heavy atom. The van der Waals surface area contributed by atoms with Gasteiger partial charge in [0.15, 0.2) is 0 Å². The molecule has 35 heavy (non-hydrogen) atoms. The smallest absolute Gasteiger partial charge is 0.399 e. The summed E-state index contributed by atoms with van der Waals surface area (Å²) in [4.78, 5) is 6.45. The molecule has 6 rings (SSSR count). The predicted molar refractivity (Wildman–Crippen MR) is 131 cm³/mol. The maximum absolute atomic E-state index is 15.0. The lowest BCUT2D eigenvalue weighted by Crippen LogP contribution is -2.49. The van der Waals surface area contributed by atoms with E-state index in [-0.39, 0.29) is 16.7 Å². The summed E-state index contributed by atoms with van der Waals surface area (Å²) in [5.74, 6) is -0.173. The summed E-state index contributed by atoms with van der Waals surface area (Å²) < 4.78 is 54.0. The fraction of sp³-hybridized carbons (Fsp3) is 0.536. The van der Waals surface area contributed by atoms with Crippen LogP contribution in [0.5, 0.6) is 0 Å². The van der Waals surface area contributed by atoms with Gasteiger partial charge >= 0.3 is 6.18 Å². The fourth-order valence-electron chi connectivity index (χ4n) is 6.42. The zero-order valence-electron chi connectivity index (χ0n) is 20.2. The second kappa shape index (κ2) is 8.24. The number of alkyl halides is 4. The first-order valence-corrected chi connectivity index (χ1v) is 12.5. The van der Waals surface area contributed by atoms with Crippen molar-refractivity contribution < 1.29 is 17.6 Å². The van der Waals surface area contributed by atoms with E-state index in [0.29, 0.717) is 18.5 Å². The summed E-state index contributed by atoms with van der Waals surface area (Å²) in [6, 6.07) is 10.4. The van der Waals surface area contributed by atoms with E-state index in [4.69, 9.17) is 5.73 Å². The number of benzene rings is 1. The number of pyridine rings is 1. The molecule has 7 heteroatoms. The van der Waals surface area contributed by atoms with Gasteiger partial charge in [0.2, 0.25) is 0 Å². The third-order valence-corrected chi connectivity index (χ3v) is 9.06. The van der Waals surface area contributed by atoms with E-state index in [1.165, 1.54) is 0 Å². The number of hydrogen-bond donors (Lipinski definition) is 1. The Labute approximate surface area is 204 Å². The molecule has 0 spiro atoms. The van der Waals surface area contributed by atoms with Gasteiger partial charge in [0.25, 0.3) is 0 Å². The number of allylic oxidation sites excluding steroid dienone is 1. The SMILES string of the molecule is C=C(C1CC1(F)CC)N(CC12CCC(c3ccc(C(F)(F)F)cn3)(CC1)CC2)c1cccc(N)c1. The predicted octanol–water partition coefficient (Wildman–Crippen LogP) is 7.43. The summed E-state index contributed by atoms with van der Waals surface area (Å²) in [6.07, 6.45) is 3.16. The Hall–Kier alpha value is -2.57. The number of nitrogens with two attached hydrogens (primary N) is 1. The van der Waals surface area contributed by atoms with Gasteiger partial charge < -0.3 is 10.6 Å². The molecule has 0 aliphatic heterocycles. The minimum atomic E-state index is -4.37. The molecule has 4 fully saturated rings. The Balaban J connectivity index is 1.35. The second-order valence-corrected chi connectivity index (χ2v) is 11.0. The van der Waals surface area contributed by atoms with E-state index >= 15 is 4.39 Å². The quantitative estimate of drug-likeness (QED) is 0.326. The average Bonchev–Trinajstić information content (AvgIpc) is 3.55. The number of aromatic nitrogens is 1. The van der Waals surface area contributed by atoms with E-state index in [1.807, 2.05) is 31.2 Å². The fourth-order valence-corrected chi connectivity index (χ4v) is 6.42. The molecule has 2 unspecified atom stereocenters. The normalized spacial score (nSPS) is 31.9. The van der Waals surface area contributed by atoms with Gasteiger partial charge in [0, 0.05) is 46.8 Å². The summed E-state index contributed by atoms with van der Waals surface area (Å²) in [6.45, 7) is 6.98. The van der Waals surface area contributed by atoms with E-state index in [9.17, 15) is 13.2 Å². The molecular weight excluding hydrogens is 454 g/mol. The van der Waals surface area contributed by atoms with Gasteiger partial charge in [0.1, 0.15) is 5.67 Å². The molecular formula is C28H33F4N3. The van der Waals surface area contributed by atoms with Crippen LogP contribution >= 0.6 is 0 Å². The molecule has 2 atom stereocenters. The van der Waals surface area contributed by atoms with Crippen molar-refractivity contribution in [2.75, 3.05) is 17.2 Å². The molecule has 1 aromatic heterocycles. The van der Waals surface area contributed by atoms with Crippen LogP contribution in [0.1, 0.15) is 69.5 Å². The molecule has 2 N–H and O–H groups in total. The minimum Gasteiger partial charge on any atom is -0.399 e. The Morgan fingerprint density at radius 2 is 1.80 bits per heavy atom. The minimum absolute atomic E-state index is 0.0568. The van der Waals surface area contributed by atoms with Crippen LogP contribution in [0, 0.1) is 11.3 Å². The van der Waals surface area contributed by atoms with Crippen LogP contribution < -0.4 is 10.6 Å². The summed E-state index contributed by atoms with van der Waals surface area (Å²) in [7, 11) is 0. The molecule has 2 aromatic rings. The highest BCUT2D eigenvalue weighted by atomic mass is 19.4. The monoisotopic (exact) mass is 487 g/mol. The number of nitrogens with zero attached hydrogens (tertiary/aromatic N) is 2. The number of nitrogen functional groups attached to an aromatic ring is 1. The van der Waals surface area contributed by atoms with Crippen molar-refractivity contribution in [2.24, 2.45) is 11.3 Å². The molecule has 3 nitrogen and oxygen atoms in total. The molecule has 0 saturated heterocycles. The Kier molecular flexibility index (Phi) is 5.68. The van der Waals surface area contributed by atoms with Crippen molar-refractivity contribution in [3.8, 4) is 0 Å². The summed E-state index contributed by atoms with van der Waals surface area (Å²) >= 11 is 0. The number of anilines is 2. The first-order valence-electron chi connectivity index (χ1n) is 12.5. The second-order valence-electron chi connectivity index (χ2n) is 11.0. The van der Waals surface area contributed by atoms with Gasteiger partial charge in [-0.15, -0.1) is 0 Å². The van der Waals surface area contributed by atoms with E-state index < -0.39 is 17.4 Å². The first kappa shape index (κ1) is 24.1. The van der Waals surface area contributed by atoms with Crippen molar-refractivity contribution in [1.29, 1.82) is 0 Å². The zero-order chi connectivity index (χ0) is 25.1. The lowest BCUT2D eigenvalue weighted by Gasteiger charge is -2.55. The van der Waals surface area contributed by atoms with Crippen LogP contribution in [0.25, 0.3) is 0 Å². The van der Waals surface area contributed by atoms with Crippen molar-refractivity contribution in [3.05, 3.63) is 66.1 Å². The number of halogens is 4.